The van der Waals surface area contributed by atoms with Crippen LogP contribution in [0.2, 0.25) is 0 Å². The van der Waals surface area contributed by atoms with Gasteiger partial charge in [-0.15, -0.1) is 0 Å². The third-order valence-electron chi connectivity index (χ3n) is 5.03. The van der Waals surface area contributed by atoms with E-state index < -0.39 is 0 Å². The minimum atomic E-state index is 0.117. The molecule has 2 rings (SSSR count). The van der Waals surface area contributed by atoms with Crippen LogP contribution >= 0.6 is 0 Å². The number of hydrogen-bond donors (Lipinski definition) is 0. The van der Waals surface area contributed by atoms with Crippen molar-refractivity contribution in [2.75, 3.05) is 13.6 Å². The number of benzene rings is 1. The van der Waals surface area contributed by atoms with Crippen LogP contribution < -0.4 is 0 Å². The first-order valence-electron chi connectivity index (χ1n) is 8.57. The molecule has 1 aliphatic carbocycles. The minimum absolute atomic E-state index is 0.117. The van der Waals surface area contributed by atoms with Gasteiger partial charge in [0.2, 0.25) is 5.91 Å². The molecule has 122 valence electrons. The summed E-state index contributed by atoms with van der Waals surface area (Å²) in [5.41, 5.74) is 1.19. The van der Waals surface area contributed by atoms with Gasteiger partial charge < -0.3 is 4.90 Å². The highest BCUT2D eigenvalue weighted by atomic mass is 16.2. The standard InChI is InChI=1S/C19H30N2O/c1-15(2)21(18-12-8-9-13-18)14-19(22)20(4)16(3)17-10-6-5-7-11-17/h5-7,10-11,15-16,18H,8-9,12-14H2,1-4H3. The van der Waals surface area contributed by atoms with Gasteiger partial charge in [-0.25, -0.2) is 0 Å². The second kappa shape index (κ2) is 7.77. The normalized spacial score (nSPS) is 17.2. The lowest BCUT2D eigenvalue weighted by molar-refractivity contribution is -0.134. The Balaban J connectivity index is 2.00. The fourth-order valence-electron chi connectivity index (χ4n) is 3.41. The molecule has 0 aliphatic heterocycles. The molecular formula is C19H30N2O. The van der Waals surface area contributed by atoms with E-state index in [1.807, 2.05) is 30.1 Å². The Hall–Kier alpha value is -1.35. The van der Waals surface area contributed by atoms with E-state index in [0.29, 0.717) is 18.6 Å². The highest BCUT2D eigenvalue weighted by molar-refractivity contribution is 5.78. The van der Waals surface area contributed by atoms with Gasteiger partial charge in [-0.1, -0.05) is 43.2 Å². The average molecular weight is 302 g/mol. The van der Waals surface area contributed by atoms with Gasteiger partial charge in [0, 0.05) is 19.1 Å². The maximum Gasteiger partial charge on any atom is 0.237 e. The predicted molar refractivity (Wildman–Crippen MR) is 91.7 cm³/mol. The van der Waals surface area contributed by atoms with Crippen molar-refractivity contribution in [1.29, 1.82) is 0 Å². The zero-order chi connectivity index (χ0) is 16.1. The number of carbonyl (C=O) groups is 1. The fourth-order valence-corrected chi connectivity index (χ4v) is 3.41. The highest BCUT2D eigenvalue weighted by Crippen LogP contribution is 2.26. The molecule has 0 bridgehead atoms. The highest BCUT2D eigenvalue weighted by Gasteiger charge is 2.28. The summed E-state index contributed by atoms with van der Waals surface area (Å²) in [5, 5.41) is 0. The molecule has 1 unspecified atom stereocenters. The van der Waals surface area contributed by atoms with E-state index in [1.54, 1.807) is 0 Å². The Labute approximate surface area is 135 Å². The Kier molecular flexibility index (Phi) is 6.01. The maximum absolute atomic E-state index is 12.7. The van der Waals surface area contributed by atoms with E-state index in [4.69, 9.17) is 0 Å². The van der Waals surface area contributed by atoms with Crippen molar-refractivity contribution >= 4 is 5.91 Å². The van der Waals surface area contributed by atoms with Crippen LogP contribution in [0.5, 0.6) is 0 Å². The quantitative estimate of drug-likeness (QED) is 0.796. The number of hydrogen-bond acceptors (Lipinski definition) is 2. The van der Waals surface area contributed by atoms with Gasteiger partial charge in [0.05, 0.1) is 12.6 Å². The molecule has 3 nitrogen and oxygen atoms in total. The van der Waals surface area contributed by atoms with Crippen LogP contribution in [0.1, 0.15) is 58.1 Å². The van der Waals surface area contributed by atoms with E-state index >= 15 is 0 Å². The number of nitrogens with zero attached hydrogens (tertiary/aromatic N) is 2. The van der Waals surface area contributed by atoms with Crippen molar-refractivity contribution in [2.45, 2.75) is 64.6 Å². The van der Waals surface area contributed by atoms with Crippen LogP contribution in [0, 0.1) is 0 Å². The average Bonchev–Trinajstić information content (AvgIpc) is 3.05. The molecule has 1 atom stereocenters. The van der Waals surface area contributed by atoms with Crippen LogP contribution in [0.15, 0.2) is 30.3 Å². The molecule has 0 saturated heterocycles. The molecule has 0 aromatic heterocycles. The summed E-state index contributed by atoms with van der Waals surface area (Å²) in [7, 11) is 1.92. The summed E-state index contributed by atoms with van der Waals surface area (Å²) in [6.45, 7) is 7.04. The summed E-state index contributed by atoms with van der Waals surface area (Å²) in [4.78, 5) is 17.0. The lowest BCUT2D eigenvalue weighted by Gasteiger charge is -2.34. The molecule has 0 heterocycles. The number of amides is 1. The molecule has 3 heteroatoms. The zero-order valence-corrected chi connectivity index (χ0v) is 14.5. The number of likely N-dealkylation sites (N-methyl/N-ethyl adjacent to an activating group) is 1. The third-order valence-corrected chi connectivity index (χ3v) is 5.03. The molecule has 1 aliphatic rings. The molecule has 1 aromatic rings. The fraction of sp³-hybridized carbons (Fsp3) is 0.632. The van der Waals surface area contributed by atoms with Gasteiger partial charge in [-0.05, 0) is 39.2 Å². The van der Waals surface area contributed by atoms with Crippen LogP contribution in [0.25, 0.3) is 0 Å². The van der Waals surface area contributed by atoms with Crippen LogP contribution in [-0.2, 0) is 4.79 Å². The van der Waals surface area contributed by atoms with Crippen molar-refractivity contribution in [1.82, 2.24) is 9.80 Å². The van der Waals surface area contributed by atoms with Crippen LogP contribution in [-0.4, -0.2) is 41.4 Å². The van der Waals surface area contributed by atoms with Crippen molar-refractivity contribution in [3.63, 3.8) is 0 Å². The molecule has 1 saturated carbocycles. The topological polar surface area (TPSA) is 23.6 Å². The summed E-state index contributed by atoms with van der Waals surface area (Å²) in [5.74, 6) is 0.219. The van der Waals surface area contributed by atoms with E-state index in [1.165, 1.54) is 31.2 Å². The second-order valence-corrected chi connectivity index (χ2v) is 6.80. The number of rotatable bonds is 6. The molecule has 0 N–H and O–H groups in total. The zero-order valence-electron chi connectivity index (χ0n) is 14.5. The first-order chi connectivity index (χ1) is 10.5. The largest absolute Gasteiger partial charge is 0.338 e. The Morgan fingerprint density at radius 3 is 2.27 bits per heavy atom. The smallest absolute Gasteiger partial charge is 0.237 e. The Bertz CT molecular complexity index is 466. The monoisotopic (exact) mass is 302 g/mol. The summed E-state index contributed by atoms with van der Waals surface area (Å²) in [6, 6.07) is 11.4. The van der Waals surface area contributed by atoms with Gasteiger partial charge in [0.1, 0.15) is 0 Å². The van der Waals surface area contributed by atoms with E-state index in [9.17, 15) is 4.79 Å². The summed E-state index contributed by atoms with van der Waals surface area (Å²) >= 11 is 0. The number of carbonyl (C=O) groups excluding carboxylic acids is 1. The van der Waals surface area contributed by atoms with E-state index in [-0.39, 0.29) is 11.9 Å². The molecule has 0 radical (unpaired) electrons. The van der Waals surface area contributed by atoms with Gasteiger partial charge in [0.25, 0.3) is 0 Å². The van der Waals surface area contributed by atoms with E-state index in [0.717, 1.165) is 0 Å². The first kappa shape index (κ1) is 17.0. The summed E-state index contributed by atoms with van der Waals surface area (Å²) < 4.78 is 0. The van der Waals surface area contributed by atoms with Crippen LogP contribution in [0.3, 0.4) is 0 Å². The summed E-state index contributed by atoms with van der Waals surface area (Å²) in [6.07, 6.45) is 5.09. The molecule has 22 heavy (non-hydrogen) atoms. The van der Waals surface area contributed by atoms with Crippen molar-refractivity contribution < 1.29 is 4.79 Å². The molecule has 1 fully saturated rings. The Morgan fingerprint density at radius 1 is 1.14 bits per heavy atom. The predicted octanol–water partition coefficient (Wildman–Crippen LogP) is 3.86. The first-order valence-corrected chi connectivity index (χ1v) is 8.57. The van der Waals surface area contributed by atoms with Crippen molar-refractivity contribution in [2.24, 2.45) is 0 Å². The maximum atomic E-state index is 12.7. The molecule has 1 amide bonds. The molecular weight excluding hydrogens is 272 g/mol. The van der Waals surface area contributed by atoms with Crippen molar-refractivity contribution in [3.8, 4) is 0 Å². The van der Waals surface area contributed by atoms with Gasteiger partial charge >= 0.3 is 0 Å². The lowest BCUT2D eigenvalue weighted by Crippen LogP contribution is -2.46. The molecule has 1 aromatic carbocycles. The third kappa shape index (κ3) is 4.10. The minimum Gasteiger partial charge on any atom is -0.338 e. The Morgan fingerprint density at radius 2 is 1.73 bits per heavy atom. The second-order valence-electron chi connectivity index (χ2n) is 6.80. The van der Waals surface area contributed by atoms with E-state index in [2.05, 4.69) is 37.8 Å². The van der Waals surface area contributed by atoms with Gasteiger partial charge in [-0.2, -0.15) is 0 Å². The van der Waals surface area contributed by atoms with Crippen molar-refractivity contribution in [3.05, 3.63) is 35.9 Å². The van der Waals surface area contributed by atoms with Crippen LogP contribution in [0.4, 0.5) is 0 Å². The lowest BCUT2D eigenvalue weighted by atomic mass is 10.1. The molecule has 0 spiro atoms. The van der Waals surface area contributed by atoms with Gasteiger partial charge in [0.15, 0.2) is 0 Å². The SMILES string of the molecule is CC(c1ccccc1)N(C)C(=O)CN(C(C)C)C1CCCC1. The van der Waals surface area contributed by atoms with Gasteiger partial charge in [-0.3, -0.25) is 9.69 Å².